The molecule has 0 radical (unpaired) electrons. The minimum atomic E-state index is -0.0359. The summed E-state index contributed by atoms with van der Waals surface area (Å²) in [6.45, 7) is 5.25. The van der Waals surface area contributed by atoms with Crippen LogP contribution in [-0.4, -0.2) is 60.6 Å². The Balaban J connectivity index is 1.44. The van der Waals surface area contributed by atoms with E-state index in [0.717, 1.165) is 30.7 Å². The minimum Gasteiger partial charge on any atom is -0.367 e. The number of benzene rings is 2. The van der Waals surface area contributed by atoms with Crippen molar-refractivity contribution in [1.29, 1.82) is 0 Å². The number of amides is 2. The average molecular weight is 404 g/mol. The molecule has 1 saturated heterocycles. The molecule has 0 spiro atoms. The molecular formula is C24H29N5O. The van der Waals surface area contributed by atoms with Gasteiger partial charge in [-0.25, -0.2) is 4.79 Å². The number of aromatic nitrogens is 1. The molecule has 3 aromatic rings. The fraction of sp³-hybridized carbons (Fsp3) is 0.333. The molecule has 1 aliphatic rings. The normalized spacial score (nSPS) is 16.9. The number of nitrogens with one attached hydrogen (secondary N) is 1. The van der Waals surface area contributed by atoms with Gasteiger partial charge in [0.05, 0.1) is 0 Å². The summed E-state index contributed by atoms with van der Waals surface area (Å²) in [5.41, 5.74) is 3.23. The van der Waals surface area contributed by atoms with Gasteiger partial charge in [-0.2, -0.15) is 0 Å². The highest BCUT2D eigenvalue weighted by Crippen LogP contribution is 2.28. The molecule has 1 aliphatic heterocycles. The van der Waals surface area contributed by atoms with Crippen molar-refractivity contribution in [3.63, 3.8) is 0 Å². The van der Waals surface area contributed by atoms with Gasteiger partial charge in [-0.15, -0.1) is 0 Å². The van der Waals surface area contributed by atoms with Crippen molar-refractivity contribution in [3.8, 4) is 0 Å². The maximum atomic E-state index is 12.9. The van der Waals surface area contributed by atoms with Crippen molar-refractivity contribution in [1.82, 2.24) is 14.8 Å². The monoisotopic (exact) mass is 403 g/mol. The average Bonchev–Trinajstić information content (AvgIpc) is 2.73. The fourth-order valence-electron chi connectivity index (χ4n) is 4.17. The Morgan fingerprint density at radius 3 is 2.80 bits per heavy atom. The summed E-state index contributed by atoms with van der Waals surface area (Å²) in [6.07, 6.45) is 3.74. The van der Waals surface area contributed by atoms with E-state index in [1.54, 1.807) is 0 Å². The van der Waals surface area contributed by atoms with Crippen LogP contribution in [0, 0.1) is 0 Å². The standard InChI is InChI=1S/C24H29N5O/c1-18-16-28(23-9-5-7-20-15-25-11-10-22(20)23)12-13-29(18)24(30)26-21-8-4-6-19(14-21)17-27(2)3/h4-11,14-15,18H,12-13,16-17H2,1-3H3,(H,26,30). The Morgan fingerprint density at radius 1 is 1.17 bits per heavy atom. The zero-order valence-electron chi connectivity index (χ0n) is 17.9. The van der Waals surface area contributed by atoms with E-state index in [2.05, 4.69) is 57.4 Å². The van der Waals surface area contributed by atoms with Crippen molar-refractivity contribution in [2.75, 3.05) is 43.9 Å². The number of nitrogens with zero attached hydrogens (tertiary/aromatic N) is 4. The third-order valence-corrected chi connectivity index (χ3v) is 5.56. The number of urea groups is 1. The first kappa shape index (κ1) is 20.2. The number of anilines is 2. The molecule has 6 nitrogen and oxygen atoms in total. The number of rotatable bonds is 4. The van der Waals surface area contributed by atoms with E-state index in [0.29, 0.717) is 6.54 Å². The summed E-state index contributed by atoms with van der Waals surface area (Å²) in [7, 11) is 4.08. The lowest BCUT2D eigenvalue weighted by atomic mass is 10.1. The van der Waals surface area contributed by atoms with Crippen LogP contribution in [0.25, 0.3) is 10.8 Å². The SMILES string of the molecule is CC1CN(c2cccc3cnccc23)CCN1C(=O)Nc1cccc(CN(C)C)c1. The topological polar surface area (TPSA) is 51.7 Å². The number of fused-ring (bicyclic) bond motifs is 1. The van der Waals surface area contributed by atoms with Gasteiger partial charge in [0.1, 0.15) is 0 Å². The quantitative estimate of drug-likeness (QED) is 0.714. The maximum absolute atomic E-state index is 12.9. The van der Waals surface area contributed by atoms with Gasteiger partial charge in [-0.05, 0) is 50.8 Å². The Morgan fingerprint density at radius 2 is 2.00 bits per heavy atom. The number of hydrogen-bond acceptors (Lipinski definition) is 4. The largest absolute Gasteiger partial charge is 0.367 e. The van der Waals surface area contributed by atoms with Crippen LogP contribution in [-0.2, 0) is 6.54 Å². The Kier molecular flexibility index (Phi) is 5.86. The van der Waals surface area contributed by atoms with Gasteiger partial charge in [-0.1, -0.05) is 24.3 Å². The predicted octanol–water partition coefficient (Wildman–Crippen LogP) is 4.04. The lowest BCUT2D eigenvalue weighted by Gasteiger charge is -2.41. The van der Waals surface area contributed by atoms with E-state index in [1.165, 1.54) is 16.6 Å². The Bertz CT molecular complexity index is 1030. The first-order valence-electron chi connectivity index (χ1n) is 10.4. The van der Waals surface area contributed by atoms with E-state index in [1.807, 2.05) is 49.6 Å². The molecule has 1 atom stereocenters. The van der Waals surface area contributed by atoms with Gasteiger partial charge in [0.25, 0.3) is 0 Å². The van der Waals surface area contributed by atoms with Crippen molar-refractivity contribution in [2.24, 2.45) is 0 Å². The molecule has 30 heavy (non-hydrogen) atoms. The van der Waals surface area contributed by atoms with E-state index in [4.69, 9.17) is 0 Å². The van der Waals surface area contributed by atoms with Gasteiger partial charge in [-0.3, -0.25) is 4.98 Å². The fourth-order valence-corrected chi connectivity index (χ4v) is 4.17. The number of pyridine rings is 1. The summed E-state index contributed by atoms with van der Waals surface area (Å²) >= 11 is 0. The van der Waals surface area contributed by atoms with Crippen molar-refractivity contribution in [2.45, 2.75) is 19.5 Å². The molecule has 1 unspecified atom stereocenters. The zero-order valence-corrected chi connectivity index (χ0v) is 17.9. The van der Waals surface area contributed by atoms with Crippen LogP contribution in [0.15, 0.2) is 60.9 Å². The van der Waals surface area contributed by atoms with Crippen LogP contribution < -0.4 is 10.2 Å². The number of piperazine rings is 1. The number of carbonyl (C=O) groups is 1. The van der Waals surface area contributed by atoms with E-state index in [-0.39, 0.29) is 12.1 Å². The molecule has 4 rings (SSSR count). The second-order valence-corrected chi connectivity index (χ2v) is 8.23. The molecule has 2 amide bonds. The van der Waals surface area contributed by atoms with Crippen LogP contribution in [0.4, 0.5) is 16.2 Å². The van der Waals surface area contributed by atoms with E-state index >= 15 is 0 Å². The molecule has 0 saturated carbocycles. The van der Waals surface area contributed by atoms with Gasteiger partial charge < -0.3 is 20.0 Å². The third-order valence-electron chi connectivity index (χ3n) is 5.56. The maximum Gasteiger partial charge on any atom is 0.322 e. The lowest BCUT2D eigenvalue weighted by Crippen LogP contribution is -2.55. The van der Waals surface area contributed by atoms with Gasteiger partial charge in [0.15, 0.2) is 0 Å². The highest BCUT2D eigenvalue weighted by Gasteiger charge is 2.28. The van der Waals surface area contributed by atoms with Gasteiger partial charge >= 0.3 is 6.03 Å². The summed E-state index contributed by atoms with van der Waals surface area (Å²) in [5.74, 6) is 0. The number of carbonyl (C=O) groups excluding carboxylic acids is 1. The molecule has 0 bridgehead atoms. The van der Waals surface area contributed by atoms with E-state index in [9.17, 15) is 4.79 Å². The summed E-state index contributed by atoms with van der Waals surface area (Å²) in [4.78, 5) is 23.6. The molecule has 1 aromatic heterocycles. The third kappa shape index (κ3) is 4.39. The molecule has 1 fully saturated rings. The molecule has 6 heteroatoms. The summed E-state index contributed by atoms with van der Waals surface area (Å²) in [6, 6.07) is 16.5. The molecule has 1 N–H and O–H groups in total. The first-order valence-corrected chi connectivity index (χ1v) is 10.4. The van der Waals surface area contributed by atoms with Crippen LogP contribution in [0.2, 0.25) is 0 Å². The van der Waals surface area contributed by atoms with Crippen molar-refractivity contribution in [3.05, 3.63) is 66.5 Å². The molecule has 0 aliphatic carbocycles. The summed E-state index contributed by atoms with van der Waals surface area (Å²) in [5, 5.41) is 5.42. The van der Waals surface area contributed by atoms with Crippen LogP contribution in [0.5, 0.6) is 0 Å². The zero-order chi connectivity index (χ0) is 21.1. The van der Waals surface area contributed by atoms with Gasteiger partial charge in [0, 0.05) is 66.8 Å². The van der Waals surface area contributed by atoms with Gasteiger partial charge in [0.2, 0.25) is 0 Å². The second kappa shape index (κ2) is 8.71. The number of hydrogen-bond donors (Lipinski definition) is 1. The summed E-state index contributed by atoms with van der Waals surface area (Å²) < 4.78 is 0. The second-order valence-electron chi connectivity index (χ2n) is 8.23. The molecule has 2 heterocycles. The highest BCUT2D eigenvalue weighted by molar-refractivity contribution is 5.94. The molecular weight excluding hydrogens is 374 g/mol. The van der Waals surface area contributed by atoms with Crippen molar-refractivity contribution >= 4 is 28.2 Å². The van der Waals surface area contributed by atoms with Crippen LogP contribution in [0.3, 0.4) is 0 Å². The van der Waals surface area contributed by atoms with Crippen molar-refractivity contribution < 1.29 is 4.79 Å². The first-order chi connectivity index (χ1) is 14.5. The Hall–Kier alpha value is -3.12. The van der Waals surface area contributed by atoms with Crippen LogP contribution >= 0.6 is 0 Å². The molecule has 2 aromatic carbocycles. The molecule has 156 valence electrons. The van der Waals surface area contributed by atoms with Crippen LogP contribution in [0.1, 0.15) is 12.5 Å². The van der Waals surface area contributed by atoms with E-state index < -0.39 is 0 Å². The lowest BCUT2D eigenvalue weighted by molar-refractivity contribution is 0.185. The highest BCUT2D eigenvalue weighted by atomic mass is 16.2. The predicted molar refractivity (Wildman–Crippen MR) is 123 cm³/mol. The Labute approximate surface area is 178 Å². The smallest absolute Gasteiger partial charge is 0.322 e. The minimum absolute atomic E-state index is 0.0359.